The fourth-order valence-electron chi connectivity index (χ4n) is 7.67. The number of likely N-dealkylation sites (tertiary alicyclic amines) is 1. The van der Waals surface area contributed by atoms with Crippen LogP contribution in [0.3, 0.4) is 0 Å². The maximum Gasteiger partial charge on any atom is 0.313 e. The first-order chi connectivity index (χ1) is 24.7. The van der Waals surface area contributed by atoms with E-state index in [1.165, 1.54) is 0 Å². The lowest BCUT2D eigenvalue weighted by Gasteiger charge is -2.37. The lowest BCUT2D eigenvalue weighted by Crippen LogP contribution is -2.57. The smallest absolute Gasteiger partial charge is 0.313 e. The number of fused-ring (bicyclic) bond motifs is 1. The molecule has 3 aliphatic heterocycles. The average Bonchev–Trinajstić information content (AvgIpc) is 3.74. The molecule has 0 aromatic heterocycles. The molecule has 2 aromatic rings. The van der Waals surface area contributed by atoms with E-state index in [2.05, 4.69) is 34.4 Å². The second kappa shape index (κ2) is 17.5. The van der Waals surface area contributed by atoms with Crippen LogP contribution >= 0.6 is 15.9 Å². The van der Waals surface area contributed by atoms with E-state index in [-0.39, 0.29) is 55.2 Å². The van der Waals surface area contributed by atoms with E-state index in [0.29, 0.717) is 42.7 Å². The number of anilines is 1. The molecule has 1 spiro atoms. The number of allylic oxidation sites excluding steroid dienone is 1. The fourth-order valence-corrected chi connectivity index (χ4v) is 8.61. The third-order valence-electron chi connectivity index (χ3n) is 10.1. The number of carbonyl (C=O) groups is 4. The summed E-state index contributed by atoms with van der Waals surface area (Å²) in [7, 11) is 1.57. The lowest BCUT2D eigenvalue weighted by atomic mass is 9.70. The van der Waals surface area contributed by atoms with Gasteiger partial charge in [-0.15, -0.1) is 13.2 Å². The number of aliphatic hydroxyl groups excluding tert-OH is 1. The van der Waals surface area contributed by atoms with Gasteiger partial charge in [-0.25, -0.2) is 0 Å². The molecule has 7 atom stereocenters. The number of alkyl halides is 1. The number of carbonyl (C=O) groups excluding carboxylic acids is 4. The highest BCUT2D eigenvalue weighted by Gasteiger charge is 2.77. The van der Waals surface area contributed by atoms with Crippen LogP contribution in [0.2, 0.25) is 0 Å². The van der Waals surface area contributed by atoms with E-state index in [9.17, 15) is 24.3 Å². The van der Waals surface area contributed by atoms with Crippen molar-refractivity contribution in [3.8, 4) is 5.75 Å². The van der Waals surface area contributed by atoms with Gasteiger partial charge in [-0.1, -0.05) is 71.3 Å². The van der Waals surface area contributed by atoms with Crippen molar-refractivity contribution in [2.24, 2.45) is 11.8 Å². The summed E-state index contributed by atoms with van der Waals surface area (Å²) in [6.07, 6.45) is 5.69. The summed E-state index contributed by atoms with van der Waals surface area (Å²) < 4.78 is 18.2. The number of esters is 1. The van der Waals surface area contributed by atoms with Crippen LogP contribution in [0.4, 0.5) is 5.69 Å². The van der Waals surface area contributed by atoms with Gasteiger partial charge in [0.25, 0.3) is 5.91 Å². The van der Waals surface area contributed by atoms with Gasteiger partial charge in [-0.3, -0.25) is 19.2 Å². The number of rotatable bonds is 19. The molecule has 12 heteroatoms. The summed E-state index contributed by atoms with van der Waals surface area (Å²) in [5.74, 6) is -2.76. The Kier molecular flexibility index (Phi) is 13.1. The van der Waals surface area contributed by atoms with Crippen molar-refractivity contribution in [2.75, 3.05) is 38.3 Å². The number of ether oxygens (including phenoxy) is 3. The molecule has 51 heavy (non-hydrogen) atoms. The van der Waals surface area contributed by atoms with Gasteiger partial charge in [0.05, 0.1) is 31.6 Å². The summed E-state index contributed by atoms with van der Waals surface area (Å²) in [5, 5.41) is 12.1. The molecule has 3 amide bonds. The Morgan fingerprint density at radius 3 is 2.49 bits per heavy atom. The minimum Gasteiger partial charge on any atom is -0.497 e. The number of methoxy groups -OCH3 is 1. The van der Waals surface area contributed by atoms with Crippen molar-refractivity contribution in [2.45, 2.75) is 73.6 Å². The SMILES string of the molecule is C=CCCC(=O)NC[C@@H](OC(=O)[C@H]1[C@@H]2O[C@@]3(CC2Br)[C@@H]1C(=O)N(CCCCCCO)[C@@H]3C(=O)N(CC=C)c1ccc(OC)cc1)c1ccccc1. The Hall–Kier alpha value is -4.00. The van der Waals surface area contributed by atoms with Gasteiger partial charge in [-0.05, 0) is 55.5 Å². The Morgan fingerprint density at radius 1 is 1.10 bits per heavy atom. The van der Waals surface area contributed by atoms with Crippen molar-refractivity contribution in [1.29, 1.82) is 0 Å². The van der Waals surface area contributed by atoms with E-state index < -0.39 is 41.7 Å². The number of hydrogen-bond donors (Lipinski definition) is 2. The van der Waals surface area contributed by atoms with Crippen LogP contribution in [-0.2, 0) is 28.7 Å². The van der Waals surface area contributed by atoms with Crippen LogP contribution in [0.25, 0.3) is 0 Å². The van der Waals surface area contributed by atoms with Gasteiger partial charge >= 0.3 is 5.97 Å². The Bertz CT molecular complexity index is 1560. The summed E-state index contributed by atoms with van der Waals surface area (Å²) in [6.45, 7) is 8.16. The van der Waals surface area contributed by atoms with Crippen LogP contribution < -0.4 is 15.0 Å². The zero-order valence-electron chi connectivity index (χ0n) is 29.1. The number of hydrogen-bond acceptors (Lipinski definition) is 8. The predicted octanol–water partition coefficient (Wildman–Crippen LogP) is 4.88. The first kappa shape index (κ1) is 38.2. The zero-order valence-corrected chi connectivity index (χ0v) is 30.7. The maximum atomic E-state index is 14.8. The van der Waals surface area contributed by atoms with Crippen LogP contribution in [0.15, 0.2) is 79.9 Å². The van der Waals surface area contributed by atoms with E-state index in [4.69, 9.17) is 14.2 Å². The van der Waals surface area contributed by atoms with Gasteiger partial charge < -0.3 is 34.4 Å². The van der Waals surface area contributed by atoms with Crippen molar-refractivity contribution in [3.63, 3.8) is 0 Å². The molecular formula is C39H48BrN3O8. The van der Waals surface area contributed by atoms with E-state index in [1.807, 2.05) is 30.3 Å². The molecule has 3 saturated heterocycles. The minimum absolute atomic E-state index is 0.0465. The quantitative estimate of drug-likeness (QED) is 0.0895. The first-order valence-electron chi connectivity index (χ1n) is 17.6. The van der Waals surface area contributed by atoms with Crippen molar-refractivity contribution >= 4 is 45.3 Å². The second-order valence-electron chi connectivity index (χ2n) is 13.2. The lowest BCUT2D eigenvalue weighted by molar-refractivity contribution is -0.160. The second-order valence-corrected chi connectivity index (χ2v) is 14.4. The van der Waals surface area contributed by atoms with Crippen LogP contribution in [-0.4, -0.2) is 89.6 Å². The predicted molar refractivity (Wildman–Crippen MR) is 196 cm³/mol. The number of nitrogens with one attached hydrogen (secondary N) is 1. The normalized spacial score (nSPS) is 25.2. The Morgan fingerprint density at radius 2 is 1.82 bits per heavy atom. The average molecular weight is 767 g/mol. The molecule has 0 aliphatic carbocycles. The van der Waals surface area contributed by atoms with Crippen molar-refractivity contribution in [1.82, 2.24) is 10.2 Å². The number of amides is 3. The van der Waals surface area contributed by atoms with Crippen LogP contribution in [0.5, 0.6) is 5.75 Å². The zero-order chi connectivity index (χ0) is 36.5. The summed E-state index contributed by atoms with van der Waals surface area (Å²) >= 11 is 3.74. The minimum atomic E-state index is -1.28. The van der Waals surface area contributed by atoms with Crippen molar-refractivity contribution in [3.05, 3.63) is 85.5 Å². The largest absolute Gasteiger partial charge is 0.497 e. The molecule has 0 radical (unpaired) electrons. The fraction of sp³-hybridized carbons (Fsp3) is 0.487. The molecule has 1 unspecified atom stereocenters. The Labute approximate surface area is 308 Å². The topological polar surface area (TPSA) is 135 Å². The van der Waals surface area contributed by atoms with Gasteiger partial charge in [0.1, 0.15) is 23.5 Å². The van der Waals surface area contributed by atoms with Gasteiger partial charge in [-0.2, -0.15) is 0 Å². The monoisotopic (exact) mass is 765 g/mol. The number of halogens is 1. The number of unbranched alkanes of at least 4 members (excludes halogenated alkanes) is 3. The number of benzene rings is 2. The van der Waals surface area contributed by atoms with E-state index >= 15 is 0 Å². The highest BCUT2D eigenvalue weighted by molar-refractivity contribution is 9.09. The van der Waals surface area contributed by atoms with Gasteiger partial charge in [0.15, 0.2) is 0 Å². The van der Waals surface area contributed by atoms with Gasteiger partial charge in [0.2, 0.25) is 11.8 Å². The molecule has 274 valence electrons. The highest BCUT2D eigenvalue weighted by atomic mass is 79.9. The number of aliphatic hydroxyl groups is 1. The summed E-state index contributed by atoms with van der Waals surface area (Å²) in [6, 6.07) is 15.2. The molecule has 11 nitrogen and oxygen atoms in total. The standard InChI is InChI=1S/C39H48BrN3O8/c1-4-6-16-31(45)41-25-30(26-14-10-9-11-15-26)50-38(48)32-33-36(46)43(22-12-7-8-13-23-44)35(39(33)24-29(40)34(32)51-39)37(47)42(21-5-2)27-17-19-28(49-3)20-18-27/h4-5,9-11,14-15,17-20,29-30,32-35,44H,1-2,6-8,12-13,16,21-25H2,3H3,(H,41,45)/t29?,30-,32-,33+,34-,35-,39+/m1/s1. The Balaban J connectivity index is 1.47. The van der Waals surface area contributed by atoms with E-state index in [1.54, 1.807) is 53.3 Å². The third-order valence-corrected chi connectivity index (χ3v) is 10.9. The van der Waals surface area contributed by atoms with Crippen LogP contribution in [0, 0.1) is 11.8 Å². The molecule has 5 rings (SSSR count). The molecule has 3 aliphatic rings. The maximum absolute atomic E-state index is 14.8. The molecular weight excluding hydrogens is 718 g/mol. The van der Waals surface area contributed by atoms with Crippen molar-refractivity contribution < 1.29 is 38.5 Å². The summed E-state index contributed by atoms with van der Waals surface area (Å²) in [5.41, 5.74) is 0.0176. The number of nitrogens with zero attached hydrogens (tertiary/aromatic N) is 2. The first-order valence-corrected chi connectivity index (χ1v) is 18.5. The molecule has 0 saturated carbocycles. The van der Waals surface area contributed by atoms with Crippen LogP contribution in [0.1, 0.15) is 56.6 Å². The summed E-state index contributed by atoms with van der Waals surface area (Å²) in [4.78, 5) is 59.2. The molecule has 2 aromatic carbocycles. The molecule has 3 fully saturated rings. The van der Waals surface area contributed by atoms with E-state index in [0.717, 1.165) is 12.8 Å². The highest BCUT2D eigenvalue weighted by Crippen LogP contribution is 2.60. The molecule has 2 bridgehead atoms. The molecule has 2 N–H and O–H groups in total. The van der Waals surface area contributed by atoms with Gasteiger partial charge in [0, 0.05) is 36.6 Å². The molecule has 3 heterocycles. The third kappa shape index (κ3) is 8.08.